The fourth-order valence-electron chi connectivity index (χ4n) is 2.40. The molecule has 21 heavy (non-hydrogen) atoms. The number of hydrogen-bond donors (Lipinski definition) is 1. The second-order valence-electron chi connectivity index (χ2n) is 4.93. The lowest BCUT2D eigenvalue weighted by molar-refractivity contribution is 0.246. The van der Waals surface area contributed by atoms with E-state index in [-0.39, 0.29) is 11.9 Å². The molecule has 3 rings (SSSR count). The smallest absolute Gasteiger partial charge is 0.135 e. The van der Waals surface area contributed by atoms with Crippen LogP contribution in [0.4, 0.5) is 10.1 Å². The molecule has 0 aliphatic carbocycles. The molecule has 0 radical (unpaired) electrons. The zero-order valence-corrected chi connectivity index (χ0v) is 13.1. The van der Waals surface area contributed by atoms with Crippen molar-refractivity contribution < 1.29 is 13.9 Å². The molecule has 0 amide bonds. The van der Waals surface area contributed by atoms with Gasteiger partial charge in [0.15, 0.2) is 0 Å². The summed E-state index contributed by atoms with van der Waals surface area (Å²) in [5.41, 5.74) is 1.89. The molecule has 1 unspecified atom stereocenters. The van der Waals surface area contributed by atoms with Crippen molar-refractivity contribution in [3.63, 3.8) is 0 Å². The lowest BCUT2D eigenvalue weighted by Crippen LogP contribution is -2.23. The maximum atomic E-state index is 13.2. The second-order valence-corrected chi connectivity index (χ2v) is 5.78. The number of fused-ring (bicyclic) bond motifs is 1. The van der Waals surface area contributed by atoms with Gasteiger partial charge in [-0.2, -0.15) is 0 Å². The molecule has 3 nitrogen and oxygen atoms in total. The zero-order chi connectivity index (χ0) is 14.8. The van der Waals surface area contributed by atoms with Crippen LogP contribution in [0.2, 0.25) is 0 Å². The number of benzene rings is 2. The van der Waals surface area contributed by atoms with Crippen molar-refractivity contribution in [1.29, 1.82) is 0 Å². The van der Waals surface area contributed by atoms with Crippen molar-refractivity contribution in [2.75, 3.05) is 19.0 Å². The number of methoxy groups -OCH3 is 1. The fraction of sp³-hybridized carbons (Fsp3) is 0.250. The van der Waals surface area contributed by atoms with Gasteiger partial charge in [0, 0.05) is 23.7 Å². The first kappa shape index (κ1) is 14.2. The van der Waals surface area contributed by atoms with Gasteiger partial charge in [0.05, 0.1) is 18.1 Å². The summed E-state index contributed by atoms with van der Waals surface area (Å²) >= 11 is 3.42. The number of ether oxygens (including phenoxy) is 2. The van der Waals surface area contributed by atoms with Gasteiger partial charge in [-0.25, -0.2) is 4.39 Å². The molecule has 1 heterocycles. The Morgan fingerprint density at radius 2 is 2.19 bits per heavy atom. The van der Waals surface area contributed by atoms with Gasteiger partial charge in [-0.1, -0.05) is 0 Å². The summed E-state index contributed by atoms with van der Waals surface area (Å²) < 4.78 is 25.1. The quantitative estimate of drug-likeness (QED) is 0.902. The van der Waals surface area contributed by atoms with Crippen molar-refractivity contribution in [3.8, 4) is 11.5 Å². The maximum Gasteiger partial charge on any atom is 0.135 e. The first-order chi connectivity index (χ1) is 10.2. The lowest BCUT2D eigenvalue weighted by Gasteiger charge is -2.14. The molecule has 1 aliphatic heterocycles. The third-order valence-corrected chi connectivity index (χ3v) is 4.10. The van der Waals surface area contributed by atoms with E-state index in [0.717, 1.165) is 27.2 Å². The molecular weight excluding hydrogens is 337 g/mol. The molecular formula is C16H15BrFNO2. The van der Waals surface area contributed by atoms with E-state index < -0.39 is 0 Å². The van der Waals surface area contributed by atoms with Crippen LogP contribution in [0.3, 0.4) is 0 Å². The molecule has 0 saturated carbocycles. The summed E-state index contributed by atoms with van der Waals surface area (Å²) in [6.07, 6.45) is 0.727. The first-order valence-electron chi connectivity index (χ1n) is 6.68. The maximum absolute atomic E-state index is 13.2. The Labute approximate surface area is 131 Å². The van der Waals surface area contributed by atoms with Gasteiger partial charge in [0.25, 0.3) is 0 Å². The van der Waals surface area contributed by atoms with E-state index in [1.165, 1.54) is 12.1 Å². The minimum Gasteiger partial charge on any atom is -0.495 e. The van der Waals surface area contributed by atoms with Crippen molar-refractivity contribution in [2.24, 2.45) is 0 Å². The standard InChI is InChI=1S/C16H15BrFNO2/c1-20-16-8-12(3-4-14(16)17)19-9-13-7-10-6-11(18)2-5-15(10)21-13/h2-6,8,13,19H,7,9H2,1H3. The van der Waals surface area contributed by atoms with E-state index in [4.69, 9.17) is 9.47 Å². The van der Waals surface area contributed by atoms with Crippen LogP contribution in [0.1, 0.15) is 5.56 Å². The van der Waals surface area contributed by atoms with Gasteiger partial charge in [-0.15, -0.1) is 0 Å². The van der Waals surface area contributed by atoms with E-state index >= 15 is 0 Å². The van der Waals surface area contributed by atoms with E-state index in [1.807, 2.05) is 18.2 Å². The van der Waals surface area contributed by atoms with Crippen LogP contribution in [0.15, 0.2) is 40.9 Å². The summed E-state index contributed by atoms with van der Waals surface area (Å²) in [4.78, 5) is 0. The van der Waals surface area contributed by atoms with Crippen LogP contribution in [-0.2, 0) is 6.42 Å². The molecule has 2 aromatic rings. The van der Waals surface area contributed by atoms with Crippen LogP contribution in [0, 0.1) is 5.82 Å². The molecule has 0 aromatic heterocycles. The summed E-state index contributed by atoms with van der Waals surface area (Å²) in [5, 5.41) is 3.32. The average Bonchev–Trinajstić information content (AvgIpc) is 2.88. The van der Waals surface area contributed by atoms with Gasteiger partial charge in [-0.3, -0.25) is 0 Å². The highest BCUT2D eigenvalue weighted by molar-refractivity contribution is 9.10. The number of rotatable bonds is 4. The highest BCUT2D eigenvalue weighted by Gasteiger charge is 2.23. The third-order valence-electron chi connectivity index (χ3n) is 3.45. The summed E-state index contributed by atoms with van der Waals surface area (Å²) in [6, 6.07) is 10.5. The predicted molar refractivity (Wildman–Crippen MR) is 83.7 cm³/mol. The fourth-order valence-corrected chi connectivity index (χ4v) is 2.81. The van der Waals surface area contributed by atoms with Crippen LogP contribution < -0.4 is 14.8 Å². The largest absolute Gasteiger partial charge is 0.495 e. The third kappa shape index (κ3) is 3.13. The first-order valence-corrected chi connectivity index (χ1v) is 7.47. The van der Waals surface area contributed by atoms with Gasteiger partial charge < -0.3 is 14.8 Å². The Morgan fingerprint density at radius 1 is 1.33 bits per heavy atom. The van der Waals surface area contributed by atoms with E-state index in [2.05, 4.69) is 21.2 Å². The predicted octanol–water partition coefficient (Wildman–Crippen LogP) is 4.01. The molecule has 1 atom stereocenters. The molecule has 110 valence electrons. The number of hydrogen-bond acceptors (Lipinski definition) is 3. The van der Waals surface area contributed by atoms with Gasteiger partial charge in [0.1, 0.15) is 23.4 Å². The van der Waals surface area contributed by atoms with Gasteiger partial charge in [0.2, 0.25) is 0 Å². The molecule has 1 aliphatic rings. The van der Waals surface area contributed by atoms with Crippen LogP contribution in [0.5, 0.6) is 11.5 Å². The molecule has 0 spiro atoms. The van der Waals surface area contributed by atoms with Crippen molar-refractivity contribution >= 4 is 21.6 Å². The summed E-state index contributed by atoms with van der Waals surface area (Å²) in [6.45, 7) is 0.654. The van der Waals surface area contributed by atoms with Gasteiger partial charge in [-0.05, 0) is 46.3 Å². The second kappa shape index (κ2) is 5.93. The Hall–Kier alpha value is -1.75. The topological polar surface area (TPSA) is 30.5 Å². The molecule has 0 fully saturated rings. The van der Waals surface area contributed by atoms with E-state index in [1.54, 1.807) is 13.2 Å². The van der Waals surface area contributed by atoms with Crippen LogP contribution in [-0.4, -0.2) is 19.8 Å². The highest BCUT2D eigenvalue weighted by atomic mass is 79.9. The van der Waals surface area contributed by atoms with Gasteiger partial charge >= 0.3 is 0 Å². The molecule has 5 heteroatoms. The van der Waals surface area contributed by atoms with E-state index in [0.29, 0.717) is 13.0 Å². The zero-order valence-electron chi connectivity index (χ0n) is 11.5. The number of halogens is 2. The Bertz CT molecular complexity index is 663. The van der Waals surface area contributed by atoms with Crippen LogP contribution >= 0.6 is 15.9 Å². The normalized spacial score (nSPS) is 16.2. The number of nitrogens with one attached hydrogen (secondary N) is 1. The summed E-state index contributed by atoms with van der Waals surface area (Å²) in [7, 11) is 1.63. The Kier molecular flexibility index (Phi) is 4.01. The Morgan fingerprint density at radius 3 is 3.00 bits per heavy atom. The minimum atomic E-state index is -0.219. The lowest BCUT2D eigenvalue weighted by atomic mass is 10.1. The molecule has 1 N–H and O–H groups in total. The number of anilines is 1. The Balaban J connectivity index is 1.62. The average molecular weight is 352 g/mol. The molecule has 0 bridgehead atoms. The summed E-state index contributed by atoms with van der Waals surface area (Å²) in [5.74, 6) is 1.33. The highest BCUT2D eigenvalue weighted by Crippen LogP contribution is 2.30. The van der Waals surface area contributed by atoms with Crippen molar-refractivity contribution in [3.05, 3.63) is 52.3 Å². The SMILES string of the molecule is COc1cc(NCC2Cc3cc(F)ccc3O2)ccc1Br. The monoisotopic (exact) mass is 351 g/mol. The van der Waals surface area contributed by atoms with Crippen molar-refractivity contribution in [2.45, 2.75) is 12.5 Å². The minimum absolute atomic E-state index is 0.0106. The molecule has 2 aromatic carbocycles. The van der Waals surface area contributed by atoms with Crippen LogP contribution in [0.25, 0.3) is 0 Å². The van der Waals surface area contributed by atoms with E-state index in [9.17, 15) is 4.39 Å². The van der Waals surface area contributed by atoms with Crippen molar-refractivity contribution in [1.82, 2.24) is 0 Å². The molecule has 0 saturated heterocycles.